The average molecular weight is 1160 g/mol. The number of benzene rings is 3. The molecule has 0 heterocycles. The summed E-state index contributed by atoms with van der Waals surface area (Å²) in [5.74, 6) is 1.15. The highest BCUT2D eigenvalue weighted by molar-refractivity contribution is 14.1. The summed E-state index contributed by atoms with van der Waals surface area (Å²) in [7, 11) is -4.36. The minimum Gasteiger partial charge on any atom is -0.493 e. The van der Waals surface area contributed by atoms with E-state index in [0.29, 0.717) is 36.9 Å². The quantitative estimate of drug-likeness (QED) is 0.110. The third kappa shape index (κ3) is 6.45. The van der Waals surface area contributed by atoms with Crippen molar-refractivity contribution in [2.45, 2.75) is 16.7 Å². The lowest BCUT2D eigenvalue weighted by Gasteiger charge is -2.56. The summed E-state index contributed by atoms with van der Waals surface area (Å²) < 4.78 is 49.7. The van der Waals surface area contributed by atoms with Crippen LogP contribution in [-0.4, -0.2) is 32.2 Å². The highest BCUT2D eigenvalue weighted by atomic mass is 127. The number of rotatable bonds is 7. The molecule has 0 aromatic heterocycles. The molecule has 7 rings (SSSR count). The van der Waals surface area contributed by atoms with Crippen LogP contribution >= 0.6 is 113 Å². The van der Waals surface area contributed by atoms with Gasteiger partial charge in [-0.05, 0) is 172 Å². The maximum atomic E-state index is 13.5. The number of carbonyl (C=O) groups is 1. The molecule has 4 aliphatic carbocycles. The first-order valence-corrected chi connectivity index (χ1v) is 20.1. The Kier molecular flexibility index (Phi) is 10.1. The van der Waals surface area contributed by atoms with Gasteiger partial charge in [0.25, 0.3) is 10.1 Å². The van der Waals surface area contributed by atoms with Crippen molar-refractivity contribution < 1.29 is 27.2 Å². The number of hydrogen-bond acceptors (Lipinski definition) is 5. The maximum absolute atomic E-state index is 13.5. The van der Waals surface area contributed by atoms with Gasteiger partial charge in [-0.15, -0.1) is 0 Å². The van der Waals surface area contributed by atoms with Gasteiger partial charge in [0, 0.05) is 29.7 Å². The Morgan fingerprint density at radius 2 is 1.35 bits per heavy atom. The molecule has 224 valence electrons. The lowest BCUT2D eigenvalue weighted by molar-refractivity contribution is -0.00824. The molecule has 3 aromatic carbocycles. The molecule has 2 bridgehead atoms. The molecule has 4 aliphatic rings. The number of halogens is 5. The fourth-order valence-electron chi connectivity index (χ4n) is 6.92. The van der Waals surface area contributed by atoms with Gasteiger partial charge in [0.05, 0.1) is 18.8 Å². The van der Waals surface area contributed by atoms with Crippen molar-refractivity contribution in [2.24, 2.45) is 23.7 Å². The largest absolute Gasteiger partial charge is 0.493 e. The second kappa shape index (κ2) is 13.2. The van der Waals surface area contributed by atoms with Crippen LogP contribution < -0.4 is 4.74 Å². The van der Waals surface area contributed by atoms with Crippen LogP contribution in [0.1, 0.15) is 33.3 Å². The van der Waals surface area contributed by atoms with Crippen molar-refractivity contribution in [2.75, 3.05) is 13.2 Å². The van der Waals surface area contributed by atoms with Crippen LogP contribution in [0.5, 0.6) is 5.75 Å². The molecule has 0 spiro atoms. The minimum absolute atomic E-state index is 0.0102. The highest BCUT2D eigenvalue weighted by Crippen LogP contribution is 2.62. The van der Waals surface area contributed by atoms with E-state index >= 15 is 0 Å². The Bertz CT molecular complexity index is 1770. The zero-order valence-electron chi connectivity index (χ0n) is 22.1. The number of esters is 1. The van der Waals surface area contributed by atoms with Crippen molar-refractivity contribution in [3.63, 3.8) is 0 Å². The van der Waals surface area contributed by atoms with Crippen molar-refractivity contribution in [3.8, 4) is 5.75 Å². The minimum atomic E-state index is -4.36. The van der Waals surface area contributed by atoms with Crippen LogP contribution in [0.3, 0.4) is 0 Å². The average Bonchev–Trinajstić information content (AvgIpc) is 2.95. The third-order valence-corrected chi connectivity index (χ3v) is 15.6. The van der Waals surface area contributed by atoms with Gasteiger partial charge in [-0.1, -0.05) is 48.6 Å². The second-order valence-electron chi connectivity index (χ2n) is 10.8. The molecule has 1 saturated carbocycles. The SMILES string of the molecule is O=C(OCC1C(COc2cc(I)c(S(=O)(=O)O)c(I)c2)C2c3ccccc3C1C1C=CC=CC12)c1cc(I)cc(I)c1I. The van der Waals surface area contributed by atoms with Crippen LogP contribution in [0.4, 0.5) is 0 Å². The lowest BCUT2D eigenvalue weighted by Crippen LogP contribution is -2.51. The van der Waals surface area contributed by atoms with Crippen LogP contribution in [0.15, 0.2) is 77.7 Å². The fourth-order valence-corrected chi connectivity index (χ4v) is 13.3. The van der Waals surface area contributed by atoms with Gasteiger partial charge in [-0.25, -0.2) is 4.79 Å². The first-order valence-electron chi connectivity index (χ1n) is 13.3. The monoisotopic (exact) mass is 1160 g/mol. The van der Waals surface area contributed by atoms with Crippen LogP contribution in [0, 0.1) is 41.5 Å². The maximum Gasteiger partial charge on any atom is 0.339 e. The number of hydrogen-bond donors (Lipinski definition) is 1. The second-order valence-corrected chi connectivity index (χ2v) is 18.0. The smallest absolute Gasteiger partial charge is 0.339 e. The molecule has 0 saturated heterocycles. The predicted octanol–water partition coefficient (Wildman–Crippen LogP) is 8.68. The Hall–Kier alpha value is -0.0300. The summed E-state index contributed by atoms with van der Waals surface area (Å²) in [6.45, 7) is 0.632. The summed E-state index contributed by atoms with van der Waals surface area (Å²) >= 11 is 10.5. The van der Waals surface area contributed by atoms with Crippen molar-refractivity contribution >= 4 is 129 Å². The molecule has 6 nitrogen and oxygen atoms in total. The van der Waals surface area contributed by atoms with Gasteiger partial charge in [0.15, 0.2) is 0 Å². The summed E-state index contributed by atoms with van der Waals surface area (Å²) in [5.41, 5.74) is 3.20. The van der Waals surface area contributed by atoms with Gasteiger partial charge < -0.3 is 9.47 Å². The van der Waals surface area contributed by atoms with Crippen LogP contribution in [-0.2, 0) is 14.9 Å². The van der Waals surface area contributed by atoms with Crippen LogP contribution in [0.25, 0.3) is 0 Å². The number of ether oxygens (including phenoxy) is 2. The highest BCUT2D eigenvalue weighted by Gasteiger charge is 2.55. The summed E-state index contributed by atoms with van der Waals surface area (Å²) in [5, 5.41) is 0. The van der Waals surface area contributed by atoms with Crippen molar-refractivity contribution in [3.05, 3.63) is 107 Å². The normalized spacial score (nSPS) is 25.3. The van der Waals surface area contributed by atoms with Gasteiger partial charge in [0.1, 0.15) is 10.6 Å². The number of fused-ring (bicyclic) bond motifs is 1. The molecule has 0 amide bonds. The van der Waals surface area contributed by atoms with Gasteiger partial charge in [-0.2, -0.15) is 8.42 Å². The Morgan fingerprint density at radius 3 is 1.91 bits per heavy atom. The molecule has 0 aliphatic heterocycles. The fraction of sp³-hybridized carbons (Fsp3) is 0.258. The van der Waals surface area contributed by atoms with E-state index < -0.39 is 10.1 Å². The van der Waals surface area contributed by atoms with Gasteiger partial charge in [0.2, 0.25) is 0 Å². The predicted molar refractivity (Wildman–Crippen MR) is 206 cm³/mol. The topological polar surface area (TPSA) is 89.9 Å². The molecule has 1 fully saturated rings. The Balaban J connectivity index is 1.34. The molecule has 1 N–H and O–H groups in total. The first-order chi connectivity index (χ1) is 20.5. The van der Waals surface area contributed by atoms with Crippen molar-refractivity contribution in [1.82, 2.24) is 0 Å². The number of allylic oxidation sites excluding steroid dienone is 4. The third-order valence-electron chi connectivity index (χ3n) is 8.53. The van der Waals surface area contributed by atoms with Gasteiger partial charge >= 0.3 is 5.97 Å². The van der Waals surface area contributed by atoms with E-state index in [-0.39, 0.29) is 41.1 Å². The molecule has 0 radical (unpaired) electrons. The Labute approximate surface area is 318 Å². The van der Waals surface area contributed by atoms with E-state index in [9.17, 15) is 17.8 Å². The van der Waals surface area contributed by atoms with E-state index in [1.54, 1.807) is 12.1 Å². The zero-order chi connectivity index (χ0) is 30.6. The summed E-state index contributed by atoms with van der Waals surface area (Å²) in [6, 6.07) is 15.8. The lowest BCUT2D eigenvalue weighted by atomic mass is 9.48. The van der Waals surface area contributed by atoms with E-state index in [4.69, 9.17) is 9.47 Å². The molecular formula is C31H23I5O6S. The molecule has 6 unspecified atom stereocenters. The van der Waals surface area contributed by atoms with E-state index in [0.717, 1.165) is 10.7 Å². The van der Waals surface area contributed by atoms with Crippen LogP contribution in [0.2, 0.25) is 0 Å². The van der Waals surface area contributed by atoms with Gasteiger partial charge in [-0.3, -0.25) is 4.55 Å². The standard InChI is InChI=1S/C31H23I5O6S/c32-15-9-21(29(36)24(33)10-15)31(37)42-14-23-22(13-41-16-11-25(34)30(26(35)12-16)43(38,39)40)27-17-5-1-3-7-19(17)28(23)20-8-4-2-6-18(20)27/h1-12,17,19,22-23,27-28H,13-14H2,(H,38,39,40). The summed E-state index contributed by atoms with van der Waals surface area (Å²) in [6.07, 6.45) is 8.84. The molecule has 43 heavy (non-hydrogen) atoms. The van der Waals surface area contributed by atoms with E-state index in [1.165, 1.54) is 11.1 Å². The molecule has 3 aromatic rings. The Morgan fingerprint density at radius 1 is 0.791 bits per heavy atom. The molecule has 6 atom stereocenters. The van der Waals surface area contributed by atoms with E-state index in [2.05, 4.69) is 116 Å². The molecule has 12 heteroatoms. The first kappa shape index (κ1) is 32.9. The van der Waals surface area contributed by atoms with Crippen molar-refractivity contribution in [1.29, 1.82) is 0 Å². The summed E-state index contributed by atoms with van der Waals surface area (Å²) in [4.78, 5) is 13.3. The number of carbonyl (C=O) groups excluding carboxylic acids is 1. The molecular weight excluding hydrogens is 1130 g/mol. The van der Waals surface area contributed by atoms with E-state index in [1.807, 2.05) is 57.3 Å². The zero-order valence-corrected chi connectivity index (χ0v) is 33.7.